The van der Waals surface area contributed by atoms with Gasteiger partial charge in [-0.2, -0.15) is 0 Å². The molecule has 2 unspecified atom stereocenters. The van der Waals surface area contributed by atoms with Crippen LogP contribution in [0.1, 0.15) is 13.3 Å². The standard InChI is InChI=1S/C12H25N3O.ClH/c1-11-9-13-12(16-10-11)3-4-15-7-5-14(2)6-8-15;/h11-13H,3-10H2,1-2H3;1H. The maximum absolute atomic E-state index is 5.75. The maximum Gasteiger partial charge on any atom is 0.109 e. The van der Waals surface area contributed by atoms with Gasteiger partial charge < -0.3 is 14.5 Å². The number of ether oxygens (including phenoxy) is 1. The molecule has 5 heteroatoms. The van der Waals surface area contributed by atoms with E-state index in [2.05, 4.69) is 29.1 Å². The minimum absolute atomic E-state index is 0. The van der Waals surface area contributed by atoms with Crippen LogP contribution in [-0.2, 0) is 4.74 Å². The molecule has 0 radical (unpaired) electrons. The zero-order valence-electron chi connectivity index (χ0n) is 11.0. The van der Waals surface area contributed by atoms with E-state index in [9.17, 15) is 0 Å². The lowest BCUT2D eigenvalue weighted by Gasteiger charge is -2.34. The van der Waals surface area contributed by atoms with Gasteiger partial charge in [-0.1, -0.05) is 6.92 Å². The van der Waals surface area contributed by atoms with Gasteiger partial charge >= 0.3 is 0 Å². The number of likely N-dealkylation sites (N-methyl/N-ethyl adjacent to an activating group) is 1. The van der Waals surface area contributed by atoms with Crippen LogP contribution < -0.4 is 5.32 Å². The van der Waals surface area contributed by atoms with Crippen molar-refractivity contribution in [1.82, 2.24) is 15.1 Å². The van der Waals surface area contributed by atoms with E-state index in [-0.39, 0.29) is 18.6 Å². The molecule has 0 aromatic rings. The predicted octanol–water partition coefficient (Wildman–Crippen LogP) is 0.628. The highest BCUT2D eigenvalue weighted by Crippen LogP contribution is 2.08. The maximum atomic E-state index is 5.75. The van der Waals surface area contributed by atoms with Crippen molar-refractivity contribution in [3.63, 3.8) is 0 Å². The smallest absolute Gasteiger partial charge is 0.109 e. The molecule has 0 amide bonds. The van der Waals surface area contributed by atoms with Crippen LogP contribution in [-0.4, -0.2) is 69.0 Å². The van der Waals surface area contributed by atoms with Gasteiger partial charge in [-0.05, 0) is 19.4 Å². The minimum Gasteiger partial charge on any atom is -0.363 e. The number of rotatable bonds is 3. The Morgan fingerprint density at radius 1 is 1.24 bits per heavy atom. The largest absolute Gasteiger partial charge is 0.363 e. The van der Waals surface area contributed by atoms with Gasteiger partial charge in [0.1, 0.15) is 6.23 Å². The molecule has 2 fully saturated rings. The van der Waals surface area contributed by atoms with Crippen molar-refractivity contribution >= 4 is 12.4 Å². The molecule has 0 spiro atoms. The first kappa shape index (κ1) is 15.2. The molecule has 2 heterocycles. The molecule has 0 aliphatic carbocycles. The molecule has 102 valence electrons. The van der Waals surface area contributed by atoms with Crippen molar-refractivity contribution in [2.75, 3.05) is 52.9 Å². The second-order valence-corrected chi connectivity index (χ2v) is 5.27. The van der Waals surface area contributed by atoms with Gasteiger partial charge in [-0.15, -0.1) is 12.4 Å². The molecule has 0 bridgehead atoms. The van der Waals surface area contributed by atoms with E-state index in [0.29, 0.717) is 5.92 Å². The average Bonchev–Trinajstić information content (AvgIpc) is 2.30. The first-order valence-electron chi connectivity index (χ1n) is 6.50. The second kappa shape index (κ2) is 7.54. The van der Waals surface area contributed by atoms with Crippen LogP contribution in [0, 0.1) is 5.92 Å². The summed E-state index contributed by atoms with van der Waals surface area (Å²) in [7, 11) is 2.20. The van der Waals surface area contributed by atoms with E-state index in [1.54, 1.807) is 0 Å². The van der Waals surface area contributed by atoms with Crippen LogP contribution in [0.3, 0.4) is 0 Å². The van der Waals surface area contributed by atoms with Crippen molar-refractivity contribution in [2.24, 2.45) is 5.92 Å². The van der Waals surface area contributed by atoms with Gasteiger partial charge in [-0.3, -0.25) is 5.32 Å². The van der Waals surface area contributed by atoms with Crippen molar-refractivity contribution in [1.29, 1.82) is 0 Å². The van der Waals surface area contributed by atoms with Gasteiger partial charge in [0.2, 0.25) is 0 Å². The highest BCUT2D eigenvalue weighted by molar-refractivity contribution is 5.85. The van der Waals surface area contributed by atoms with Crippen LogP contribution in [0.5, 0.6) is 0 Å². The van der Waals surface area contributed by atoms with Gasteiger partial charge in [0.05, 0.1) is 6.61 Å². The van der Waals surface area contributed by atoms with Crippen LogP contribution >= 0.6 is 12.4 Å². The topological polar surface area (TPSA) is 27.7 Å². The van der Waals surface area contributed by atoms with E-state index >= 15 is 0 Å². The Bertz CT molecular complexity index is 180. The second-order valence-electron chi connectivity index (χ2n) is 5.27. The summed E-state index contributed by atoms with van der Waals surface area (Å²) in [6, 6.07) is 0. The summed E-state index contributed by atoms with van der Waals surface area (Å²) in [5.74, 6) is 0.667. The Morgan fingerprint density at radius 2 is 1.94 bits per heavy atom. The molecule has 0 saturated carbocycles. The van der Waals surface area contributed by atoms with Crippen LogP contribution in [0.4, 0.5) is 0 Å². The molecule has 17 heavy (non-hydrogen) atoms. The van der Waals surface area contributed by atoms with E-state index in [1.807, 2.05) is 0 Å². The van der Waals surface area contributed by atoms with E-state index in [1.165, 1.54) is 32.7 Å². The summed E-state index contributed by atoms with van der Waals surface area (Å²) >= 11 is 0. The molecular weight excluding hydrogens is 238 g/mol. The summed E-state index contributed by atoms with van der Waals surface area (Å²) < 4.78 is 5.75. The average molecular weight is 264 g/mol. The monoisotopic (exact) mass is 263 g/mol. The summed E-state index contributed by atoms with van der Waals surface area (Å²) in [6.45, 7) is 10.2. The fourth-order valence-corrected chi connectivity index (χ4v) is 2.29. The molecule has 2 aliphatic rings. The Labute approximate surface area is 111 Å². The molecule has 0 aromatic carbocycles. The SMILES string of the molecule is CC1CNC(CCN2CCN(C)CC2)OC1.Cl. The third-order valence-corrected chi connectivity index (χ3v) is 3.58. The van der Waals surface area contributed by atoms with Crippen molar-refractivity contribution in [3.05, 3.63) is 0 Å². The van der Waals surface area contributed by atoms with Gasteiger partial charge in [0.25, 0.3) is 0 Å². The normalized spacial score (nSPS) is 32.1. The van der Waals surface area contributed by atoms with Crippen molar-refractivity contribution in [2.45, 2.75) is 19.6 Å². The Morgan fingerprint density at radius 3 is 2.53 bits per heavy atom. The lowest BCUT2D eigenvalue weighted by Crippen LogP contribution is -2.48. The summed E-state index contributed by atoms with van der Waals surface area (Å²) in [5.41, 5.74) is 0. The van der Waals surface area contributed by atoms with E-state index in [0.717, 1.165) is 19.6 Å². The molecule has 2 aliphatic heterocycles. The lowest BCUT2D eigenvalue weighted by atomic mass is 10.1. The molecule has 2 atom stereocenters. The Balaban J connectivity index is 0.00000144. The van der Waals surface area contributed by atoms with Gasteiger partial charge in [0.15, 0.2) is 0 Å². The lowest BCUT2D eigenvalue weighted by molar-refractivity contribution is -0.0333. The van der Waals surface area contributed by atoms with Gasteiger partial charge in [-0.25, -0.2) is 0 Å². The Hall–Kier alpha value is 0.130. The predicted molar refractivity (Wildman–Crippen MR) is 72.7 cm³/mol. The number of nitrogens with zero attached hydrogens (tertiary/aromatic N) is 2. The molecule has 2 saturated heterocycles. The number of hydrogen-bond donors (Lipinski definition) is 1. The summed E-state index contributed by atoms with van der Waals surface area (Å²) in [6.07, 6.45) is 1.41. The first-order chi connectivity index (χ1) is 7.74. The van der Waals surface area contributed by atoms with Crippen molar-refractivity contribution < 1.29 is 4.74 Å². The van der Waals surface area contributed by atoms with Gasteiger partial charge in [0, 0.05) is 39.3 Å². The third-order valence-electron chi connectivity index (χ3n) is 3.58. The molecular formula is C12H26ClN3O. The minimum atomic E-state index is 0. The molecule has 2 rings (SSSR count). The quantitative estimate of drug-likeness (QED) is 0.808. The number of piperazine rings is 1. The summed E-state index contributed by atoms with van der Waals surface area (Å²) in [4.78, 5) is 4.94. The number of hydrogen-bond acceptors (Lipinski definition) is 4. The zero-order chi connectivity index (χ0) is 11.4. The zero-order valence-corrected chi connectivity index (χ0v) is 11.8. The first-order valence-corrected chi connectivity index (χ1v) is 6.50. The van der Waals surface area contributed by atoms with Crippen LogP contribution in [0.2, 0.25) is 0 Å². The molecule has 4 nitrogen and oxygen atoms in total. The highest BCUT2D eigenvalue weighted by atomic mass is 35.5. The fourth-order valence-electron chi connectivity index (χ4n) is 2.29. The third kappa shape index (κ3) is 5.10. The summed E-state index contributed by atoms with van der Waals surface area (Å²) in [5, 5.41) is 3.46. The number of halogens is 1. The van der Waals surface area contributed by atoms with Crippen molar-refractivity contribution in [3.8, 4) is 0 Å². The molecule has 0 aromatic heterocycles. The number of nitrogens with one attached hydrogen (secondary N) is 1. The van der Waals surface area contributed by atoms with Crippen LogP contribution in [0.15, 0.2) is 0 Å². The van der Waals surface area contributed by atoms with Crippen LogP contribution in [0.25, 0.3) is 0 Å². The molecule has 1 N–H and O–H groups in total. The Kier molecular flexibility index (Phi) is 6.74. The van der Waals surface area contributed by atoms with E-state index < -0.39 is 0 Å². The van der Waals surface area contributed by atoms with E-state index in [4.69, 9.17) is 4.74 Å². The highest BCUT2D eigenvalue weighted by Gasteiger charge is 2.19. The fraction of sp³-hybridized carbons (Fsp3) is 1.00.